The van der Waals surface area contributed by atoms with Gasteiger partial charge in [-0.1, -0.05) is 6.08 Å². The summed E-state index contributed by atoms with van der Waals surface area (Å²) in [6, 6.07) is 3.13. The number of sulfonamides is 1. The normalized spacial score (nSPS) is 15.9. The molecule has 2 rings (SSSR count). The standard InChI is InChI=1S/C20H33N5O3S/c1-6-9-21-20(26)15-23-10-12-24(13-11-23)19-8-7-18(14-22-19)29(27,28)25(16(2)3)17(4)5/h6-8,14,16-17H,1,9-13,15H2,2-5H3,(H,21,26). The molecule has 0 bridgehead atoms. The second-order valence-electron chi connectivity index (χ2n) is 7.73. The summed E-state index contributed by atoms with van der Waals surface area (Å²) in [5, 5.41) is 2.78. The fourth-order valence-corrected chi connectivity index (χ4v) is 5.34. The highest BCUT2D eigenvalue weighted by molar-refractivity contribution is 7.89. The maximum atomic E-state index is 12.9. The van der Waals surface area contributed by atoms with Crippen molar-refractivity contribution in [3.8, 4) is 0 Å². The van der Waals surface area contributed by atoms with Crippen molar-refractivity contribution in [2.24, 2.45) is 0 Å². The molecule has 1 fully saturated rings. The number of rotatable bonds is 9. The first-order valence-corrected chi connectivity index (χ1v) is 11.4. The number of nitrogens with one attached hydrogen (secondary N) is 1. The lowest BCUT2D eigenvalue weighted by atomic mass is 10.3. The number of nitrogens with zero attached hydrogens (tertiary/aromatic N) is 4. The van der Waals surface area contributed by atoms with Crippen molar-refractivity contribution < 1.29 is 13.2 Å². The van der Waals surface area contributed by atoms with Gasteiger partial charge < -0.3 is 10.2 Å². The third kappa shape index (κ3) is 6.01. The predicted molar refractivity (Wildman–Crippen MR) is 115 cm³/mol. The van der Waals surface area contributed by atoms with E-state index in [-0.39, 0.29) is 22.9 Å². The van der Waals surface area contributed by atoms with Gasteiger partial charge in [0.05, 0.1) is 6.54 Å². The molecule has 162 valence electrons. The zero-order valence-electron chi connectivity index (χ0n) is 17.8. The Kier molecular flexibility index (Phi) is 8.18. The van der Waals surface area contributed by atoms with Gasteiger partial charge in [-0.25, -0.2) is 13.4 Å². The quantitative estimate of drug-likeness (QED) is 0.603. The highest BCUT2D eigenvalue weighted by Crippen LogP contribution is 2.22. The third-order valence-corrected chi connectivity index (χ3v) is 7.06. The summed E-state index contributed by atoms with van der Waals surface area (Å²) in [7, 11) is -3.58. The molecule has 1 aromatic heterocycles. The number of carbonyl (C=O) groups excluding carboxylic acids is 1. The van der Waals surface area contributed by atoms with E-state index in [1.165, 1.54) is 10.5 Å². The molecule has 0 aromatic carbocycles. The smallest absolute Gasteiger partial charge is 0.245 e. The van der Waals surface area contributed by atoms with Crippen LogP contribution in [0.15, 0.2) is 35.9 Å². The average Bonchev–Trinajstić information content (AvgIpc) is 2.66. The van der Waals surface area contributed by atoms with Crippen molar-refractivity contribution in [1.82, 2.24) is 19.5 Å². The summed E-state index contributed by atoms with van der Waals surface area (Å²) >= 11 is 0. The van der Waals surface area contributed by atoms with E-state index in [2.05, 4.69) is 26.7 Å². The number of carbonyl (C=O) groups is 1. The van der Waals surface area contributed by atoms with Gasteiger partial charge >= 0.3 is 0 Å². The molecule has 0 aliphatic carbocycles. The fraction of sp³-hybridized carbons (Fsp3) is 0.600. The SMILES string of the molecule is C=CCNC(=O)CN1CCN(c2ccc(S(=O)(=O)N(C(C)C)C(C)C)cn2)CC1. The monoisotopic (exact) mass is 423 g/mol. The molecule has 1 amide bonds. The molecule has 0 atom stereocenters. The molecule has 1 aliphatic heterocycles. The summed E-state index contributed by atoms with van der Waals surface area (Å²) in [5.74, 6) is 0.742. The molecule has 0 unspecified atom stereocenters. The molecule has 0 saturated carbocycles. The van der Waals surface area contributed by atoms with Crippen LogP contribution >= 0.6 is 0 Å². The van der Waals surface area contributed by atoms with Gasteiger partial charge in [0.25, 0.3) is 0 Å². The van der Waals surface area contributed by atoms with Gasteiger partial charge in [-0.05, 0) is 39.8 Å². The molecule has 1 saturated heterocycles. The van der Waals surface area contributed by atoms with E-state index < -0.39 is 10.0 Å². The maximum Gasteiger partial charge on any atom is 0.245 e. The van der Waals surface area contributed by atoms with E-state index in [0.717, 1.165) is 32.0 Å². The van der Waals surface area contributed by atoms with E-state index in [0.29, 0.717) is 13.1 Å². The summed E-state index contributed by atoms with van der Waals surface area (Å²) in [5.41, 5.74) is 0. The molecule has 1 aliphatic rings. The Labute approximate surface area is 174 Å². The van der Waals surface area contributed by atoms with Crippen LogP contribution in [0.3, 0.4) is 0 Å². The molecule has 8 nitrogen and oxygen atoms in total. The fourth-order valence-electron chi connectivity index (χ4n) is 3.57. The Morgan fingerprint density at radius 2 is 1.83 bits per heavy atom. The van der Waals surface area contributed by atoms with Crippen LogP contribution in [0.2, 0.25) is 0 Å². The van der Waals surface area contributed by atoms with E-state index in [1.54, 1.807) is 18.2 Å². The van der Waals surface area contributed by atoms with E-state index in [1.807, 2.05) is 27.7 Å². The van der Waals surface area contributed by atoms with Crippen LogP contribution in [0, 0.1) is 0 Å². The van der Waals surface area contributed by atoms with Crippen molar-refractivity contribution in [3.63, 3.8) is 0 Å². The van der Waals surface area contributed by atoms with Crippen LogP contribution < -0.4 is 10.2 Å². The molecule has 1 aromatic rings. The van der Waals surface area contributed by atoms with Crippen LogP contribution in [-0.4, -0.2) is 79.9 Å². The minimum atomic E-state index is -3.58. The molecular weight excluding hydrogens is 390 g/mol. The van der Waals surface area contributed by atoms with Gasteiger partial charge in [-0.15, -0.1) is 6.58 Å². The van der Waals surface area contributed by atoms with E-state index >= 15 is 0 Å². The van der Waals surface area contributed by atoms with E-state index in [9.17, 15) is 13.2 Å². The first-order chi connectivity index (χ1) is 13.7. The lowest BCUT2D eigenvalue weighted by Gasteiger charge is -2.35. The van der Waals surface area contributed by atoms with Gasteiger partial charge in [0.15, 0.2) is 0 Å². The molecule has 0 spiro atoms. The Morgan fingerprint density at radius 1 is 1.21 bits per heavy atom. The minimum absolute atomic E-state index is 0.00843. The van der Waals surface area contributed by atoms with Gasteiger partial charge in [-0.3, -0.25) is 9.69 Å². The molecule has 9 heteroatoms. The van der Waals surface area contributed by atoms with Crippen LogP contribution in [0.25, 0.3) is 0 Å². The lowest BCUT2D eigenvalue weighted by Crippen LogP contribution is -2.49. The Hall–Kier alpha value is -1.97. The van der Waals surface area contributed by atoms with Gasteiger partial charge in [0, 0.05) is 51.0 Å². The summed E-state index contributed by atoms with van der Waals surface area (Å²) in [4.78, 5) is 20.6. The zero-order valence-corrected chi connectivity index (χ0v) is 18.7. The average molecular weight is 424 g/mol. The second-order valence-corrected chi connectivity index (χ2v) is 9.57. The van der Waals surface area contributed by atoms with E-state index in [4.69, 9.17) is 0 Å². The van der Waals surface area contributed by atoms with Gasteiger partial charge in [0.2, 0.25) is 15.9 Å². The lowest BCUT2D eigenvalue weighted by molar-refractivity contribution is -0.122. The number of pyridine rings is 1. The highest BCUT2D eigenvalue weighted by Gasteiger charge is 2.30. The van der Waals surface area contributed by atoms with Crippen molar-refractivity contribution in [2.45, 2.75) is 44.7 Å². The van der Waals surface area contributed by atoms with Gasteiger partial charge in [-0.2, -0.15) is 4.31 Å². The molecule has 2 heterocycles. The third-order valence-electron chi connectivity index (χ3n) is 4.82. The van der Waals surface area contributed by atoms with Crippen LogP contribution in [0.1, 0.15) is 27.7 Å². The first kappa shape index (κ1) is 23.3. The molecular formula is C20H33N5O3S. The summed E-state index contributed by atoms with van der Waals surface area (Å²) in [6.45, 7) is 14.9. The van der Waals surface area contributed by atoms with Gasteiger partial charge in [0.1, 0.15) is 10.7 Å². The number of hydrogen-bond donors (Lipinski definition) is 1. The number of hydrogen-bond acceptors (Lipinski definition) is 6. The molecule has 0 radical (unpaired) electrons. The van der Waals surface area contributed by atoms with Crippen molar-refractivity contribution >= 4 is 21.7 Å². The van der Waals surface area contributed by atoms with Crippen LogP contribution in [0.5, 0.6) is 0 Å². The summed E-state index contributed by atoms with van der Waals surface area (Å²) < 4.78 is 27.4. The number of aromatic nitrogens is 1. The Bertz CT molecular complexity index is 777. The largest absolute Gasteiger partial charge is 0.354 e. The maximum absolute atomic E-state index is 12.9. The first-order valence-electron chi connectivity index (χ1n) is 10.0. The number of amides is 1. The van der Waals surface area contributed by atoms with Crippen molar-refractivity contribution in [1.29, 1.82) is 0 Å². The van der Waals surface area contributed by atoms with Crippen LogP contribution in [0.4, 0.5) is 5.82 Å². The zero-order chi connectivity index (χ0) is 21.6. The number of piperazine rings is 1. The van der Waals surface area contributed by atoms with Crippen molar-refractivity contribution in [2.75, 3.05) is 44.2 Å². The Morgan fingerprint density at radius 3 is 2.31 bits per heavy atom. The van der Waals surface area contributed by atoms with Crippen LogP contribution in [-0.2, 0) is 14.8 Å². The Balaban J connectivity index is 1.99. The minimum Gasteiger partial charge on any atom is -0.354 e. The summed E-state index contributed by atoms with van der Waals surface area (Å²) in [6.07, 6.45) is 3.10. The number of anilines is 1. The molecule has 1 N–H and O–H groups in total. The van der Waals surface area contributed by atoms with Crippen molar-refractivity contribution in [3.05, 3.63) is 31.0 Å². The predicted octanol–water partition coefficient (Wildman–Crippen LogP) is 1.31. The molecule has 29 heavy (non-hydrogen) atoms. The second kappa shape index (κ2) is 10.2. The highest BCUT2D eigenvalue weighted by atomic mass is 32.2. The topological polar surface area (TPSA) is 85.8 Å².